The van der Waals surface area contributed by atoms with Crippen LogP contribution in [-0.2, 0) is 25.3 Å². The van der Waals surface area contributed by atoms with Gasteiger partial charge in [0, 0.05) is 42.4 Å². The molecule has 1 saturated heterocycles. The van der Waals surface area contributed by atoms with E-state index in [9.17, 15) is 5.11 Å². The summed E-state index contributed by atoms with van der Waals surface area (Å²) in [4.78, 5) is 2.64. The van der Waals surface area contributed by atoms with Crippen molar-refractivity contribution in [2.75, 3.05) is 20.2 Å². The zero-order chi connectivity index (χ0) is 24.7. The number of likely N-dealkylation sites (tertiary alicyclic amines) is 1. The lowest BCUT2D eigenvalue weighted by molar-refractivity contribution is -0.173. The minimum atomic E-state index is -0.887. The van der Waals surface area contributed by atoms with Crippen LogP contribution < -0.4 is 9.47 Å². The average Bonchev–Trinajstić information content (AvgIpc) is 3.59. The number of aliphatic hydroxyl groups is 1. The molecule has 5 aliphatic rings. The van der Waals surface area contributed by atoms with Crippen LogP contribution in [0.1, 0.15) is 47.8 Å². The lowest BCUT2D eigenvalue weighted by atomic mass is 9.49. The largest absolute Gasteiger partial charge is 0.493 e. The van der Waals surface area contributed by atoms with Crippen LogP contribution in [-0.4, -0.2) is 46.4 Å². The molecular weight excluding hydrogens is 460 g/mol. The summed E-state index contributed by atoms with van der Waals surface area (Å²) in [7, 11) is 3.92. The predicted octanol–water partition coefficient (Wildman–Crippen LogP) is 5.04. The standard InChI is InChI=1S/C32H32N2O3/c1-33-27-21-6-4-3-5-19(21)9-11-22(27)23-16-32(35)25-15-20-10-12-24(36-2)29-26(20)31(32,30(37-29)28(23)33)13-14-34(25)17-18-7-8-18/h3-6,9-12,18,25,30,35H,7-8,13-17H2,1-2H3/t25-,30?,31+,32?/m1/s1. The van der Waals surface area contributed by atoms with Gasteiger partial charge in [0.15, 0.2) is 17.6 Å². The number of aromatic nitrogens is 1. The van der Waals surface area contributed by atoms with Gasteiger partial charge in [0.05, 0.1) is 29.3 Å². The number of aryl methyl sites for hydroxylation is 1. The van der Waals surface area contributed by atoms with Gasteiger partial charge in [-0.1, -0.05) is 42.5 Å². The van der Waals surface area contributed by atoms with Crippen LogP contribution in [0.25, 0.3) is 21.7 Å². The maximum atomic E-state index is 13.1. The summed E-state index contributed by atoms with van der Waals surface area (Å²) in [5, 5.41) is 16.9. The molecule has 5 nitrogen and oxygen atoms in total. The minimum absolute atomic E-state index is 0.101. The summed E-state index contributed by atoms with van der Waals surface area (Å²) in [6, 6.07) is 17.6. The molecule has 3 aromatic carbocycles. The van der Waals surface area contributed by atoms with Crippen molar-refractivity contribution in [2.24, 2.45) is 13.0 Å². The van der Waals surface area contributed by atoms with Gasteiger partial charge in [-0.3, -0.25) is 4.90 Å². The molecule has 188 valence electrons. The summed E-state index contributed by atoms with van der Waals surface area (Å²) in [5.74, 6) is 2.44. The van der Waals surface area contributed by atoms with Crippen molar-refractivity contribution in [2.45, 2.75) is 55.3 Å². The number of rotatable bonds is 3. The van der Waals surface area contributed by atoms with Crippen molar-refractivity contribution in [3.8, 4) is 11.5 Å². The molecule has 1 aromatic heterocycles. The SMILES string of the molecule is COc1ccc2c3c1OC1c4c(c5ccc6ccccc6c5n4C)CC4(O)[C@@H](C2)N(CC2CC2)CC[C@]314. The van der Waals surface area contributed by atoms with Gasteiger partial charge in [0.1, 0.15) is 0 Å². The lowest BCUT2D eigenvalue weighted by Gasteiger charge is -2.63. The number of hydrogen-bond donors (Lipinski definition) is 1. The Hall–Kier alpha value is -3.02. The quantitative estimate of drug-likeness (QED) is 0.435. The Labute approximate surface area is 216 Å². The van der Waals surface area contributed by atoms with Crippen LogP contribution in [0.4, 0.5) is 0 Å². The van der Waals surface area contributed by atoms with Gasteiger partial charge < -0.3 is 19.1 Å². The highest BCUT2D eigenvalue weighted by atomic mass is 16.5. The molecule has 37 heavy (non-hydrogen) atoms. The first-order valence-corrected chi connectivity index (χ1v) is 13.9. The first-order valence-electron chi connectivity index (χ1n) is 13.9. The molecule has 0 radical (unpaired) electrons. The number of methoxy groups -OCH3 is 1. The van der Waals surface area contributed by atoms with E-state index in [2.05, 4.69) is 65.0 Å². The zero-order valence-electron chi connectivity index (χ0n) is 21.5. The van der Waals surface area contributed by atoms with E-state index >= 15 is 0 Å². The monoisotopic (exact) mass is 492 g/mol. The third-order valence-electron chi connectivity index (χ3n) is 10.6. The van der Waals surface area contributed by atoms with Crippen LogP contribution in [0.5, 0.6) is 11.5 Å². The number of hydrogen-bond acceptors (Lipinski definition) is 4. The number of ether oxygens (including phenoxy) is 2. The number of benzene rings is 3. The van der Waals surface area contributed by atoms with Gasteiger partial charge in [-0.25, -0.2) is 0 Å². The molecule has 1 saturated carbocycles. The van der Waals surface area contributed by atoms with Crippen molar-refractivity contribution in [1.29, 1.82) is 0 Å². The van der Waals surface area contributed by atoms with Crippen molar-refractivity contribution in [3.63, 3.8) is 0 Å². The zero-order valence-corrected chi connectivity index (χ0v) is 21.5. The molecule has 2 bridgehead atoms. The fraction of sp³-hybridized carbons (Fsp3) is 0.438. The van der Waals surface area contributed by atoms with Crippen LogP contribution in [0.2, 0.25) is 0 Å². The Morgan fingerprint density at radius 3 is 2.78 bits per heavy atom. The molecule has 2 aliphatic heterocycles. The summed E-state index contributed by atoms with van der Waals surface area (Å²) in [5.41, 5.74) is 4.96. The lowest BCUT2D eigenvalue weighted by Crippen LogP contribution is -2.74. The van der Waals surface area contributed by atoms with Gasteiger partial charge in [0.25, 0.3) is 0 Å². The van der Waals surface area contributed by atoms with E-state index in [1.807, 2.05) is 0 Å². The Balaban J connectivity index is 1.36. The van der Waals surface area contributed by atoms with Gasteiger partial charge in [-0.2, -0.15) is 0 Å². The fourth-order valence-corrected chi connectivity index (χ4v) is 8.91. The molecule has 0 amide bonds. The predicted molar refractivity (Wildman–Crippen MR) is 144 cm³/mol. The highest BCUT2D eigenvalue weighted by molar-refractivity contribution is 6.08. The van der Waals surface area contributed by atoms with E-state index in [0.717, 1.165) is 43.3 Å². The third-order valence-corrected chi connectivity index (χ3v) is 10.6. The van der Waals surface area contributed by atoms with Crippen molar-refractivity contribution >= 4 is 21.7 Å². The van der Waals surface area contributed by atoms with Gasteiger partial charge >= 0.3 is 0 Å². The summed E-state index contributed by atoms with van der Waals surface area (Å²) in [6.45, 7) is 2.13. The topological polar surface area (TPSA) is 46.9 Å². The maximum Gasteiger partial charge on any atom is 0.166 e. The molecule has 3 aliphatic carbocycles. The molecular formula is C32H32N2O3. The normalized spacial score (nSPS) is 31.3. The Bertz CT molecular complexity index is 1650. The molecule has 4 atom stereocenters. The molecule has 5 heteroatoms. The second-order valence-electron chi connectivity index (χ2n) is 12.2. The molecule has 1 spiro atoms. The third kappa shape index (κ3) is 2.31. The summed E-state index contributed by atoms with van der Waals surface area (Å²) < 4.78 is 15.2. The van der Waals surface area contributed by atoms with Crippen LogP contribution in [0.3, 0.4) is 0 Å². The maximum absolute atomic E-state index is 13.1. The summed E-state index contributed by atoms with van der Waals surface area (Å²) in [6.07, 6.45) is 4.88. The highest BCUT2D eigenvalue weighted by Crippen LogP contribution is 2.69. The Morgan fingerprint density at radius 2 is 1.95 bits per heavy atom. The van der Waals surface area contributed by atoms with Crippen LogP contribution >= 0.6 is 0 Å². The van der Waals surface area contributed by atoms with E-state index in [0.29, 0.717) is 6.42 Å². The molecule has 4 aromatic rings. The summed E-state index contributed by atoms with van der Waals surface area (Å²) >= 11 is 0. The average molecular weight is 493 g/mol. The Morgan fingerprint density at radius 1 is 1.08 bits per heavy atom. The minimum Gasteiger partial charge on any atom is -0.493 e. The number of fused-ring (bicyclic) bond motifs is 6. The Kier molecular flexibility index (Phi) is 3.79. The van der Waals surface area contributed by atoms with Crippen molar-refractivity contribution in [1.82, 2.24) is 9.47 Å². The van der Waals surface area contributed by atoms with Crippen LogP contribution in [0, 0.1) is 5.92 Å². The van der Waals surface area contributed by atoms with E-state index in [1.165, 1.54) is 56.9 Å². The second-order valence-corrected chi connectivity index (χ2v) is 12.2. The van der Waals surface area contributed by atoms with Crippen LogP contribution in [0.15, 0.2) is 48.5 Å². The van der Waals surface area contributed by atoms with E-state index < -0.39 is 11.0 Å². The number of piperidine rings is 1. The fourth-order valence-electron chi connectivity index (χ4n) is 8.91. The molecule has 2 fully saturated rings. The molecule has 9 rings (SSSR count). The van der Waals surface area contributed by atoms with E-state index in [1.54, 1.807) is 7.11 Å². The van der Waals surface area contributed by atoms with Gasteiger partial charge in [-0.15, -0.1) is 0 Å². The molecule has 1 N–H and O–H groups in total. The molecule has 3 heterocycles. The van der Waals surface area contributed by atoms with E-state index in [-0.39, 0.29) is 12.1 Å². The second kappa shape index (κ2) is 6.69. The number of nitrogens with zero attached hydrogens (tertiary/aromatic N) is 2. The first kappa shape index (κ1) is 21.0. The van der Waals surface area contributed by atoms with E-state index in [4.69, 9.17) is 9.47 Å². The van der Waals surface area contributed by atoms with Gasteiger partial charge in [-0.05, 0) is 60.7 Å². The highest BCUT2D eigenvalue weighted by Gasteiger charge is 2.73. The smallest absolute Gasteiger partial charge is 0.166 e. The van der Waals surface area contributed by atoms with Gasteiger partial charge in [0.2, 0.25) is 0 Å². The molecule has 2 unspecified atom stereocenters. The first-order chi connectivity index (χ1) is 18.0. The van der Waals surface area contributed by atoms with Crippen molar-refractivity contribution in [3.05, 3.63) is 70.9 Å². The van der Waals surface area contributed by atoms with Crippen molar-refractivity contribution < 1.29 is 14.6 Å².